The second-order valence-electron chi connectivity index (χ2n) is 14.8. The standard InChI is InChI=1S/C46H85NO3/c1-3-5-7-9-11-13-15-17-19-20-21-22-23-24-25-26-28-30-32-34-36-38-40-42-46(50)47-44(43-48)45(49)41-39-37-35-33-31-29-27-18-16-14-12-10-8-6-4-2/h21-22,24-25,31,33,39,41,44-45,48-49H,3-20,23,26-30,32,34-38,40,42-43H2,1-2H3,(H,47,50)/b22-21-,25-24-,33-31+,41-39+. The molecule has 0 aromatic rings. The van der Waals surface area contributed by atoms with Gasteiger partial charge >= 0.3 is 0 Å². The summed E-state index contributed by atoms with van der Waals surface area (Å²) < 4.78 is 0. The van der Waals surface area contributed by atoms with Gasteiger partial charge in [0, 0.05) is 6.42 Å². The van der Waals surface area contributed by atoms with E-state index in [4.69, 9.17) is 0 Å². The van der Waals surface area contributed by atoms with Crippen molar-refractivity contribution >= 4 is 5.91 Å². The summed E-state index contributed by atoms with van der Waals surface area (Å²) in [5, 5.41) is 23.0. The third kappa shape index (κ3) is 37.6. The van der Waals surface area contributed by atoms with Crippen molar-refractivity contribution in [1.29, 1.82) is 0 Å². The van der Waals surface area contributed by atoms with Crippen molar-refractivity contribution in [2.75, 3.05) is 6.61 Å². The SMILES string of the molecule is CCCCCCCCCCC/C=C\C/C=C\CCCCCCCCCC(=O)NC(CO)C(O)/C=C/CC/C=C/CCCCCCCCCCC. The lowest BCUT2D eigenvalue weighted by atomic mass is 10.1. The molecule has 0 saturated heterocycles. The fraction of sp³-hybridized carbons (Fsp3) is 0.804. The third-order valence-electron chi connectivity index (χ3n) is 9.78. The highest BCUT2D eigenvalue weighted by Crippen LogP contribution is 2.13. The number of amides is 1. The molecule has 1 amide bonds. The van der Waals surface area contributed by atoms with Gasteiger partial charge in [-0.2, -0.15) is 0 Å². The molecule has 0 aromatic carbocycles. The first-order valence-corrected chi connectivity index (χ1v) is 21.9. The van der Waals surface area contributed by atoms with Crippen LogP contribution in [-0.4, -0.2) is 34.9 Å². The van der Waals surface area contributed by atoms with E-state index in [9.17, 15) is 15.0 Å². The van der Waals surface area contributed by atoms with Gasteiger partial charge < -0.3 is 15.5 Å². The molecule has 0 rings (SSSR count). The van der Waals surface area contributed by atoms with Crippen LogP contribution in [0.4, 0.5) is 0 Å². The van der Waals surface area contributed by atoms with Crippen molar-refractivity contribution in [2.24, 2.45) is 0 Å². The van der Waals surface area contributed by atoms with Crippen LogP contribution in [0.2, 0.25) is 0 Å². The van der Waals surface area contributed by atoms with E-state index in [1.54, 1.807) is 6.08 Å². The van der Waals surface area contributed by atoms with E-state index in [1.165, 1.54) is 154 Å². The summed E-state index contributed by atoms with van der Waals surface area (Å²) in [6.07, 6.45) is 56.4. The quantitative estimate of drug-likeness (QED) is 0.0442. The summed E-state index contributed by atoms with van der Waals surface area (Å²) >= 11 is 0. The number of hydrogen-bond donors (Lipinski definition) is 3. The van der Waals surface area contributed by atoms with Crippen molar-refractivity contribution in [3.05, 3.63) is 48.6 Å². The number of nitrogens with one attached hydrogen (secondary N) is 1. The fourth-order valence-electron chi connectivity index (χ4n) is 6.40. The van der Waals surface area contributed by atoms with E-state index in [2.05, 4.69) is 55.6 Å². The van der Waals surface area contributed by atoms with Gasteiger partial charge in [-0.1, -0.05) is 197 Å². The van der Waals surface area contributed by atoms with E-state index in [1.807, 2.05) is 6.08 Å². The Balaban J connectivity index is 3.62. The molecule has 0 heterocycles. The number of unbranched alkanes of at least 4 members (excludes halogenated alkanes) is 26. The monoisotopic (exact) mass is 700 g/mol. The Bertz CT molecular complexity index is 801. The van der Waals surface area contributed by atoms with Gasteiger partial charge in [0.15, 0.2) is 0 Å². The maximum atomic E-state index is 12.4. The van der Waals surface area contributed by atoms with Gasteiger partial charge in [0.25, 0.3) is 0 Å². The molecule has 0 spiro atoms. The molecule has 0 aromatic heterocycles. The Hall–Kier alpha value is -1.65. The van der Waals surface area contributed by atoms with Gasteiger partial charge in [-0.25, -0.2) is 0 Å². The van der Waals surface area contributed by atoms with Crippen LogP contribution in [0.15, 0.2) is 48.6 Å². The Morgan fingerprint density at radius 1 is 0.480 bits per heavy atom. The minimum absolute atomic E-state index is 0.0824. The number of carbonyl (C=O) groups excluding carboxylic acids is 1. The molecule has 0 fully saturated rings. The molecule has 0 aliphatic rings. The van der Waals surface area contributed by atoms with Crippen LogP contribution in [0, 0.1) is 0 Å². The van der Waals surface area contributed by atoms with E-state index in [0.717, 1.165) is 44.9 Å². The fourth-order valence-corrected chi connectivity index (χ4v) is 6.40. The van der Waals surface area contributed by atoms with Crippen LogP contribution in [0.3, 0.4) is 0 Å². The summed E-state index contributed by atoms with van der Waals surface area (Å²) in [4.78, 5) is 12.4. The van der Waals surface area contributed by atoms with Crippen LogP contribution in [0.1, 0.15) is 219 Å². The van der Waals surface area contributed by atoms with E-state index in [-0.39, 0.29) is 12.5 Å². The van der Waals surface area contributed by atoms with Crippen molar-refractivity contribution in [3.63, 3.8) is 0 Å². The number of rotatable bonds is 39. The number of carbonyl (C=O) groups is 1. The summed E-state index contributed by atoms with van der Waals surface area (Å²) in [5.41, 5.74) is 0. The molecule has 0 bridgehead atoms. The number of aliphatic hydroxyl groups excluding tert-OH is 2. The first kappa shape index (κ1) is 48.3. The molecule has 3 N–H and O–H groups in total. The van der Waals surface area contributed by atoms with Crippen molar-refractivity contribution in [3.8, 4) is 0 Å². The van der Waals surface area contributed by atoms with Crippen LogP contribution >= 0.6 is 0 Å². The average molecular weight is 700 g/mol. The highest BCUT2D eigenvalue weighted by atomic mass is 16.3. The molecular formula is C46H85NO3. The zero-order valence-corrected chi connectivity index (χ0v) is 33.4. The predicted molar refractivity (Wildman–Crippen MR) is 221 cm³/mol. The molecule has 2 atom stereocenters. The van der Waals surface area contributed by atoms with Crippen LogP contribution < -0.4 is 5.32 Å². The van der Waals surface area contributed by atoms with E-state index >= 15 is 0 Å². The highest BCUT2D eigenvalue weighted by molar-refractivity contribution is 5.76. The van der Waals surface area contributed by atoms with E-state index in [0.29, 0.717) is 6.42 Å². The molecule has 4 heteroatoms. The molecular weight excluding hydrogens is 615 g/mol. The lowest BCUT2D eigenvalue weighted by Crippen LogP contribution is -2.45. The van der Waals surface area contributed by atoms with Gasteiger partial charge in [-0.05, 0) is 64.2 Å². The van der Waals surface area contributed by atoms with Gasteiger partial charge in [0.05, 0.1) is 18.8 Å². The van der Waals surface area contributed by atoms with Gasteiger partial charge in [-0.15, -0.1) is 0 Å². The van der Waals surface area contributed by atoms with Crippen LogP contribution in [0.5, 0.6) is 0 Å². The summed E-state index contributed by atoms with van der Waals surface area (Å²) in [6, 6.07) is -0.643. The van der Waals surface area contributed by atoms with Crippen LogP contribution in [0.25, 0.3) is 0 Å². The zero-order valence-electron chi connectivity index (χ0n) is 33.4. The summed E-state index contributed by atoms with van der Waals surface area (Å²) in [5.74, 6) is -0.0824. The van der Waals surface area contributed by atoms with Gasteiger partial charge in [-0.3, -0.25) is 4.79 Å². The maximum absolute atomic E-state index is 12.4. The molecule has 2 unspecified atom stereocenters. The molecule has 0 aliphatic heterocycles. The van der Waals surface area contributed by atoms with E-state index < -0.39 is 12.1 Å². The second kappa shape index (κ2) is 41.8. The number of allylic oxidation sites excluding steroid dienone is 7. The molecule has 4 nitrogen and oxygen atoms in total. The lowest BCUT2D eigenvalue weighted by molar-refractivity contribution is -0.123. The topological polar surface area (TPSA) is 69.6 Å². The Morgan fingerprint density at radius 2 is 0.840 bits per heavy atom. The Morgan fingerprint density at radius 3 is 1.28 bits per heavy atom. The van der Waals surface area contributed by atoms with Crippen molar-refractivity contribution < 1.29 is 15.0 Å². The largest absolute Gasteiger partial charge is 0.394 e. The zero-order chi connectivity index (χ0) is 36.4. The van der Waals surface area contributed by atoms with Crippen LogP contribution in [-0.2, 0) is 4.79 Å². The number of hydrogen-bond acceptors (Lipinski definition) is 3. The third-order valence-corrected chi connectivity index (χ3v) is 9.78. The molecule has 0 radical (unpaired) electrons. The predicted octanol–water partition coefficient (Wildman–Crippen LogP) is 13.6. The summed E-state index contributed by atoms with van der Waals surface area (Å²) in [7, 11) is 0. The van der Waals surface area contributed by atoms with Gasteiger partial charge in [0.1, 0.15) is 0 Å². The first-order valence-electron chi connectivity index (χ1n) is 21.9. The van der Waals surface area contributed by atoms with Crippen molar-refractivity contribution in [1.82, 2.24) is 5.32 Å². The Kier molecular flexibility index (Phi) is 40.4. The lowest BCUT2D eigenvalue weighted by Gasteiger charge is -2.19. The van der Waals surface area contributed by atoms with Crippen molar-refractivity contribution in [2.45, 2.75) is 231 Å². The molecule has 0 saturated carbocycles. The summed E-state index contributed by atoms with van der Waals surface area (Å²) in [6.45, 7) is 4.29. The minimum atomic E-state index is -0.865. The second-order valence-corrected chi connectivity index (χ2v) is 14.8. The molecule has 292 valence electrons. The number of aliphatic hydroxyl groups is 2. The average Bonchev–Trinajstić information content (AvgIpc) is 3.12. The van der Waals surface area contributed by atoms with Gasteiger partial charge in [0.2, 0.25) is 5.91 Å². The highest BCUT2D eigenvalue weighted by Gasteiger charge is 2.17. The normalized spacial score (nSPS) is 13.4. The minimum Gasteiger partial charge on any atom is -0.394 e. The molecule has 50 heavy (non-hydrogen) atoms. The Labute approximate surface area is 312 Å². The smallest absolute Gasteiger partial charge is 0.220 e. The first-order chi connectivity index (χ1) is 24.7. The molecule has 0 aliphatic carbocycles. The maximum Gasteiger partial charge on any atom is 0.220 e.